The fourth-order valence-corrected chi connectivity index (χ4v) is 10.8. The first-order valence-corrected chi connectivity index (χ1v) is 18.8. The van der Waals surface area contributed by atoms with Crippen molar-refractivity contribution < 1.29 is 65.2 Å². The van der Waals surface area contributed by atoms with Crippen LogP contribution in [0.25, 0.3) is 0 Å². The standard InChI is InChI=1S/C36H52F6N2O8/c1-19-7-10-26-22(29(35(37,38)39)48-31-33(26,51-45)24(19)12-9-21(3)46-31)17-43(4)15-6-16-44(5)18-23-27-11-8-20(2)25-13-14-28-47-32(34(25,27)52-50-28)49-30(23)36(40,41)42/h19-21,24-28,31-32,45H,6-18H2,1-5H3/t19-,20-,21+,24?,25?,26+,27+,28-,31+,32+,33?,34-/m1/s1. The number of hydrogen-bond donors (Lipinski definition) is 1. The number of alkyl halides is 6. The molecule has 8 rings (SSSR count). The lowest BCUT2D eigenvalue weighted by molar-refractivity contribution is -0.528. The van der Waals surface area contributed by atoms with Gasteiger partial charge in [-0.1, -0.05) is 13.8 Å². The highest BCUT2D eigenvalue weighted by Crippen LogP contribution is 2.60. The largest absolute Gasteiger partial charge is 0.456 e. The molecule has 6 heterocycles. The molecule has 6 fully saturated rings. The zero-order valence-electron chi connectivity index (χ0n) is 30.4. The van der Waals surface area contributed by atoms with Crippen LogP contribution in [0.15, 0.2) is 22.7 Å². The van der Waals surface area contributed by atoms with Crippen molar-refractivity contribution in [2.45, 2.75) is 127 Å². The Morgan fingerprint density at radius 1 is 0.712 bits per heavy atom. The van der Waals surface area contributed by atoms with Gasteiger partial charge in [0.15, 0.2) is 17.5 Å². The number of ether oxygens (including phenoxy) is 4. The van der Waals surface area contributed by atoms with Crippen molar-refractivity contribution in [2.75, 3.05) is 40.3 Å². The van der Waals surface area contributed by atoms with Crippen molar-refractivity contribution in [2.24, 2.45) is 35.5 Å². The van der Waals surface area contributed by atoms with Crippen molar-refractivity contribution in [3.8, 4) is 0 Å². The van der Waals surface area contributed by atoms with Crippen LogP contribution in [-0.4, -0.2) is 104 Å². The van der Waals surface area contributed by atoms with E-state index in [9.17, 15) is 31.6 Å². The van der Waals surface area contributed by atoms with Crippen LogP contribution in [0.3, 0.4) is 0 Å². The van der Waals surface area contributed by atoms with E-state index in [1.165, 1.54) is 0 Å². The second-order valence-electron chi connectivity index (χ2n) is 16.5. The third kappa shape index (κ3) is 6.48. The molecular weight excluding hydrogens is 702 g/mol. The van der Waals surface area contributed by atoms with E-state index in [0.29, 0.717) is 64.5 Å². The van der Waals surface area contributed by atoms with Gasteiger partial charge in [0.2, 0.25) is 24.1 Å². The first-order valence-electron chi connectivity index (χ1n) is 18.8. The summed E-state index contributed by atoms with van der Waals surface area (Å²) >= 11 is 0. The molecule has 1 N–H and O–H groups in total. The molecule has 0 aromatic rings. The minimum atomic E-state index is -4.80. The molecule has 0 aromatic carbocycles. The summed E-state index contributed by atoms with van der Waals surface area (Å²) < 4.78 is 111. The number of allylic oxidation sites excluding steroid dienone is 2. The van der Waals surface area contributed by atoms with Crippen molar-refractivity contribution >= 4 is 0 Å². The van der Waals surface area contributed by atoms with Gasteiger partial charge >= 0.3 is 12.4 Å². The third-order valence-electron chi connectivity index (χ3n) is 13.2. The summed E-state index contributed by atoms with van der Waals surface area (Å²) in [5.74, 6) is -3.69. The summed E-state index contributed by atoms with van der Waals surface area (Å²) in [7, 11) is 3.43. The maximum Gasteiger partial charge on any atom is 0.449 e. The number of nitrogens with zero attached hydrogens (tertiary/aromatic N) is 2. The van der Waals surface area contributed by atoms with E-state index in [-0.39, 0.29) is 54.0 Å². The molecule has 16 heteroatoms. The van der Waals surface area contributed by atoms with Gasteiger partial charge in [0.25, 0.3) is 0 Å². The van der Waals surface area contributed by atoms with Gasteiger partial charge in [0.1, 0.15) is 0 Å². The normalized spacial score (nSPS) is 42.0. The van der Waals surface area contributed by atoms with Gasteiger partial charge in [0, 0.05) is 43.2 Å². The van der Waals surface area contributed by atoms with Gasteiger partial charge in [0.05, 0.1) is 6.10 Å². The molecule has 2 aliphatic carbocycles. The monoisotopic (exact) mass is 754 g/mol. The zero-order valence-corrected chi connectivity index (χ0v) is 30.4. The Morgan fingerprint density at radius 3 is 1.88 bits per heavy atom. The molecule has 0 amide bonds. The Hall–Kier alpha value is -1.66. The number of rotatable bonds is 9. The maximum atomic E-state index is 14.6. The topological polar surface area (TPSA) is 91.3 Å². The molecule has 0 aromatic heterocycles. The third-order valence-corrected chi connectivity index (χ3v) is 13.2. The van der Waals surface area contributed by atoms with E-state index in [0.717, 1.165) is 6.42 Å². The molecule has 2 bridgehead atoms. The molecule has 0 radical (unpaired) electrons. The molecular formula is C36H52F6N2O8. The van der Waals surface area contributed by atoms with Crippen LogP contribution in [0, 0.1) is 35.5 Å². The number of likely N-dealkylation sites (N-methyl/N-ethyl adjacent to an activating group) is 2. The summed E-state index contributed by atoms with van der Waals surface area (Å²) in [5, 5.41) is 10.5. The van der Waals surface area contributed by atoms with Crippen molar-refractivity contribution in [1.29, 1.82) is 0 Å². The van der Waals surface area contributed by atoms with Crippen molar-refractivity contribution in [1.82, 2.24) is 9.80 Å². The molecule has 4 saturated heterocycles. The minimum Gasteiger partial charge on any atom is -0.456 e. The Morgan fingerprint density at radius 2 is 1.27 bits per heavy atom. The van der Waals surface area contributed by atoms with E-state index in [1.54, 1.807) is 30.8 Å². The van der Waals surface area contributed by atoms with Crippen molar-refractivity contribution in [3.05, 3.63) is 22.7 Å². The Labute approximate surface area is 300 Å². The Bertz CT molecular complexity index is 1390. The summed E-state index contributed by atoms with van der Waals surface area (Å²) in [6.45, 7) is 6.46. The molecule has 8 aliphatic rings. The molecule has 6 aliphatic heterocycles. The Balaban J connectivity index is 1.07. The Kier molecular flexibility index (Phi) is 10.5. The highest BCUT2D eigenvalue weighted by molar-refractivity contribution is 5.30. The highest BCUT2D eigenvalue weighted by atomic mass is 19.4. The average molecular weight is 755 g/mol. The number of halogens is 6. The van der Waals surface area contributed by atoms with Gasteiger partial charge in [-0.05, 0) is 108 Å². The van der Waals surface area contributed by atoms with Crippen LogP contribution in [-0.2, 0) is 33.6 Å². The van der Waals surface area contributed by atoms with Crippen molar-refractivity contribution in [3.63, 3.8) is 0 Å². The van der Waals surface area contributed by atoms with Crippen LogP contribution in [0.5, 0.6) is 0 Å². The van der Waals surface area contributed by atoms with E-state index in [4.69, 9.17) is 33.6 Å². The van der Waals surface area contributed by atoms with Gasteiger partial charge in [-0.25, -0.2) is 14.7 Å². The van der Waals surface area contributed by atoms with E-state index in [1.807, 2.05) is 6.92 Å². The van der Waals surface area contributed by atoms with Gasteiger partial charge in [-0.2, -0.15) is 26.3 Å². The SMILES string of the molecule is C[C@@H]1CC[C@H]2C(CN(C)CCCN(C)CC3=C(C(F)(F)F)O[C@@H]4O[C@H]5CCC6[C@H](C)CC[C@@H]3[C@]64OO5)=C(C(F)(F)F)O[C@@H]3O[C@@H](C)CCC1C32OO. The first kappa shape index (κ1) is 38.6. The fourth-order valence-electron chi connectivity index (χ4n) is 10.8. The quantitative estimate of drug-likeness (QED) is 0.149. The summed E-state index contributed by atoms with van der Waals surface area (Å²) in [6, 6.07) is 0. The van der Waals surface area contributed by atoms with E-state index < -0.39 is 65.8 Å². The van der Waals surface area contributed by atoms with E-state index in [2.05, 4.69) is 6.92 Å². The average Bonchev–Trinajstić information content (AvgIpc) is 3.43. The van der Waals surface area contributed by atoms with Crippen LogP contribution >= 0.6 is 0 Å². The lowest BCUT2D eigenvalue weighted by Gasteiger charge is -2.56. The molecule has 2 saturated carbocycles. The first-order chi connectivity index (χ1) is 24.5. The maximum absolute atomic E-state index is 14.6. The van der Waals surface area contributed by atoms with Crippen LogP contribution in [0.1, 0.15) is 78.6 Å². The second kappa shape index (κ2) is 14.1. The molecule has 296 valence electrons. The van der Waals surface area contributed by atoms with Crippen LogP contribution in [0.4, 0.5) is 26.3 Å². The van der Waals surface area contributed by atoms with Crippen LogP contribution < -0.4 is 0 Å². The lowest BCUT2D eigenvalue weighted by Crippen LogP contribution is -2.66. The second-order valence-corrected chi connectivity index (χ2v) is 16.5. The predicted molar refractivity (Wildman–Crippen MR) is 172 cm³/mol. The minimum absolute atomic E-state index is 0.0143. The summed E-state index contributed by atoms with van der Waals surface area (Å²) in [5.41, 5.74) is -2.55. The molecule has 3 unspecified atom stereocenters. The highest BCUT2D eigenvalue weighted by Gasteiger charge is 2.69. The predicted octanol–water partition coefficient (Wildman–Crippen LogP) is 7.17. The van der Waals surface area contributed by atoms with Gasteiger partial charge in [-0.15, -0.1) is 0 Å². The van der Waals surface area contributed by atoms with Gasteiger partial charge in [-0.3, -0.25) is 5.26 Å². The molecule has 12 atom stereocenters. The fraction of sp³-hybridized carbons (Fsp3) is 0.889. The van der Waals surface area contributed by atoms with Gasteiger partial charge < -0.3 is 28.7 Å². The molecule has 52 heavy (non-hydrogen) atoms. The number of fused-ring (bicyclic) bond motifs is 2. The summed E-state index contributed by atoms with van der Waals surface area (Å²) in [4.78, 5) is 20.3. The lowest BCUT2D eigenvalue weighted by atomic mass is 9.59. The molecule has 10 nitrogen and oxygen atoms in total. The smallest absolute Gasteiger partial charge is 0.449 e. The molecule has 1 spiro atoms. The van der Waals surface area contributed by atoms with E-state index >= 15 is 0 Å². The summed E-state index contributed by atoms with van der Waals surface area (Å²) in [6.07, 6.45) is -8.28. The van der Waals surface area contributed by atoms with Crippen LogP contribution in [0.2, 0.25) is 0 Å². The number of hydrogen-bond acceptors (Lipinski definition) is 10. The zero-order chi connectivity index (χ0) is 37.4.